The predicted octanol–water partition coefficient (Wildman–Crippen LogP) is 2.46. The minimum Gasteiger partial charge on any atom is -0.308 e. The molecule has 1 aromatic rings. The summed E-state index contributed by atoms with van der Waals surface area (Å²) in [5.41, 5.74) is 0.161. The summed E-state index contributed by atoms with van der Waals surface area (Å²) >= 11 is 0. The molecule has 104 valence electrons. The molecule has 2 rings (SSSR count). The quantitative estimate of drug-likeness (QED) is 0.909. The van der Waals surface area contributed by atoms with Gasteiger partial charge < -0.3 is 10.2 Å². The first-order valence-corrected chi connectivity index (χ1v) is 6.63. The molecule has 0 radical (unpaired) electrons. The number of hydrogen-bond acceptors (Lipinski definition) is 2. The molecule has 0 spiro atoms. The highest BCUT2D eigenvalue weighted by atomic mass is 19.1. The Morgan fingerprint density at radius 1 is 1.42 bits per heavy atom. The molecule has 1 heterocycles. The Kier molecular flexibility index (Phi) is 4.47. The van der Waals surface area contributed by atoms with Crippen LogP contribution in [0.5, 0.6) is 0 Å². The molecule has 1 fully saturated rings. The third-order valence-electron chi connectivity index (χ3n) is 3.28. The summed E-state index contributed by atoms with van der Waals surface area (Å²) in [6, 6.07) is 3.05. The predicted molar refractivity (Wildman–Crippen MR) is 70.0 cm³/mol. The lowest BCUT2D eigenvalue weighted by Gasteiger charge is -2.33. The molecule has 1 N–H and O–H groups in total. The lowest BCUT2D eigenvalue weighted by atomic mass is 10.0. The van der Waals surface area contributed by atoms with Gasteiger partial charge in [0.2, 0.25) is 5.91 Å². The number of nitrogens with zero attached hydrogens (tertiary/aromatic N) is 1. The van der Waals surface area contributed by atoms with E-state index in [0.717, 1.165) is 31.9 Å². The fraction of sp³-hybridized carbons (Fsp3) is 0.500. The van der Waals surface area contributed by atoms with E-state index in [4.69, 9.17) is 0 Å². The van der Waals surface area contributed by atoms with E-state index < -0.39 is 11.6 Å². The second kappa shape index (κ2) is 6.10. The minimum atomic E-state index is -0.690. The van der Waals surface area contributed by atoms with Crippen LogP contribution in [0.25, 0.3) is 0 Å². The first-order chi connectivity index (χ1) is 9.13. The van der Waals surface area contributed by atoms with Crippen molar-refractivity contribution in [3.63, 3.8) is 0 Å². The molecule has 5 heteroatoms. The Labute approximate surface area is 111 Å². The van der Waals surface area contributed by atoms with Crippen molar-refractivity contribution in [1.29, 1.82) is 0 Å². The fourth-order valence-electron chi connectivity index (χ4n) is 2.32. The normalized spacial score (nSPS) is 19.8. The second-order valence-electron chi connectivity index (χ2n) is 4.73. The van der Waals surface area contributed by atoms with Crippen molar-refractivity contribution in [1.82, 2.24) is 5.32 Å². The lowest BCUT2D eigenvalue weighted by Crippen LogP contribution is -2.51. The molecule has 0 aromatic heterocycles. The summed E-state index contributed by atoms with van der Waals surface area (Å²) in [5, 5.41) is 3.16. The number of halogens is 2. The Morgan fingerprint density at radius 3 is 2.89 bits per heavy atom. The minimum absolute atomic E-state index is 0.134. The molecule has 1 saturated heterocycles. The average Bonchev–Trinajstić information content (AvgIpc) is 2.38. The number of carbonyl (C=O) groups excluding carboxylic acids is 1. The van der Waals surface area contributed by atoms with Gasteiger partial charge in [-0.3, -0.25) is 4.79 Å². The van der Waals surface area contributed by atoms with Gasteiger partial charge in [-0.05, 0) is 37.9 Å². The molecule has 1 aromatic carbocycles. The van der Waals surface area contributed by atoms with Gasteiger partial charge in [-0.15, -0.1) is 0 Å². The van der Waals surface area contributed by atoms with E-state index in [-0.39, 0.29) is 17.6 Å². The standard InChI is InChI=1S/C14H18F2N2O/c1-2-7-17-12-4-3-8-18(14(12)19)13-6-5-10(15)9-11(13)16/h5-6,9,12,17H,2-4,7-8H2,1H3. The second-order valence-corrected chi connectivity index (χ2v) is 4.73. The van der Waals surface area contributed by atoms with Crippen LogP contribution in [0.2, 0.25) is 0 Å². The van der Waals surface area contributed by atoms with E-state index in [1.807, 2.05) is 6.92 Å². The summed E-state index contributed by atoms with van der Waals surface area (Å²) in [6.45, 7) is 3.26. The first-order valence-electron chi connectivity index (χ1n) is 6.63. The molecule has 1 aliphatic rings. The number of rotatable bonds is 4. The van der Waals surface area contributed by atoms with Crippen LogP contribution in [-0.2, 0) is 4.79 Å². The Hall–Kier alpha value is -1.49. The molecule has 3 nitrogen and oxygen atoms in total. The van der Waals surface area contributed by atoms with Gasteiger partial charge in [0.15, 0.2) is 0 Å². The number of anilines is 1. The van der Waals surface area contributed by atoms with Crippen molar-refractivity contribution < 1.29 is 13.6 Å². The van der Waals surface area contributed by atoms with Crippen LogP contribution in [0.3, 0.4) is 0 Å². The summed E-state index contributed by atoms with van der Waals surface area (Å²) < 4.78 is 26.6. The van der Waals surface area contributed by atoms with Gasteiger partial charge in [-0.2, -0.15) is 0 Å². The van der Waals surface area contributed by atoms with Crippen LogP contribution >= 0.6 is 0 Å². The van der Waals surface area contributed by atoms with E-state index in [2.05, 4.69) is 5.32 Å². The lowest BCUT2D eigenvalue weighted by molar-refractivity contribution is -0.121. The smallest absolute Gasteiger partial charge is 0.244 e. The van der Waals surface area contributed by atoms with Crippen molar-refractivity contribution in [2.24, 2.45) is 0 Å². The van der Waals surface area contributed by atoms with Crippen molar-refractivity contribution >= 4 is 11.6 Å². The largest absolute Gasteiger partial charge is 0.308 e. The number of carbonyl (C=O) groups is 1. The number of amides is 1. The van der Waals surface area contributed by atoms with Crippen LogP contribution in [0.4, 0.5) is 14.5 Å². The molecular formula is C14H18F2N2O. The van der Waals surface area contributed by atoms with Gasteiger partial charge in [0, 0.05) is 12.6 Å². The molecule has 19 heavy (non-hydrogen) atoms. The number of nitrogens with one attached hydrogen (secondary N) is 1. The highest BCUT2D eigenvalue weighted by Gasteiger charge is 2.30. The molecule has 1 atom stereocenters. The molecule has 1 amide bonds. The van der Waals surface area contributed by atoms with Crippen LogP contribution in [0.15, 0.2) is 18.2 Å². The topological polar surface area (TPSA) is 32.3 Å². The van der Waals surface area contributed by atoms with Crippen molar-refractivity contribution in [3.05, 3.63) is 29.8 Å². The van der Waals surface area contributed by atoms with Crippen LogP contribution < -0.4 is 10.2 Å². The summed E-state index contributed by atoms with van der Waals surface area (Å²) in [4.78, 5) is 13.7. The average molecular weight is 268 g/mol. The molecule has 0 saturated carbocycles. The van der Waals surface area contributed by atoms with Gasteiger partial charge >= 0.3 is 0 Å². The highest BCUT2D eigenvalue weighted by molar-refractivity contribution is 5.98. The molecule has 0 aliphatic carbocycles. The van der Waals surface area contributed by atoms with Crippen molar-refractivity contribution in [2.75, 3.05) is 18.0 Å². The van der Waals surface area contributed by atoms with E-state index in [9.17, 15) is 13.6 Å². The Morgan fingerprint density at radius 2 is 2.21 bits per heavy atom. The fourth-order valence-corrected chi connectivity index (χ4v) is 2.32. The zero-order valence-electron chi connectivity index (χ0n) is 11.0. The number of piperidine rings is 1. The Bertz CT molecular complexity index is 465. The Balaban J connectivity index is 2.17. The van der Waals surface area contributed by atoms with E-state index in [1.165, 1.54) is 17.0 Å². The van der Waals surface area contributed by atoms with Crippen molar-refractivity contribution in [2.45, 2.75) is 32.2 Å². The third-order valence-corrected chi connectivity index (χ3v) is 3.28. The summed E-state index contributed by atoms with van der Waals surface area (Å²) in [5.74, 6) is -1.46. The summed E-state index contributed by atoms with van der Waals surface area (Å²) in [7, 11) is 0. The van der Waals surface area contributed by atoms with Crippen LogP contribution in [0.1, 0.15) is 26.2 Å². The van der Waals surface area contributed by atoms with E-state index in [0.29, 0.717) is 6.54 Å². The monoisotopic (exact) mass is 268 g/mol. The zero-order valence-corrected chi connectivity index (χ0v) is 11.0. The van der Waals surface area contributed by atoms with Gasteiger partial charge in [0.25, 0.3) is 0 Å². The molecule has 1 aliphatic heterocycles. The van der Waals surface area contributed by atoms with Gasteiger partial charge in [0.1, 0.15) is 11.6 Å². The number of benzene rings is 1. The SMILES string of the molecule is CCCNC1CCCN(c2ccc(F)cc2F)C1=O. The maximum Gasteiger partial charge on any atom is 0.244 e. The van der Waals surface area contributed by atoms with Gasteiger partial charge in [0.05, 0.1) is 11.7 Å². The molecule has 1 unspecified atom stereocenters. The van der Waals surface area contributed by atoms with Crippen molar-refractivity contribution in [3.8, 4) is 0 Å². The molecule has 0 bridgehead atoms. The maximum atomic E-state index is 13.7. The van der Waals surface area contributed by atoms with Gasteiger partial charge in [-0.1, -0.05) is 6.92 Å². The summed E-state index contributed by atoms with van der Waals surface area (Å²) in [6.07, 6.45) is 2.51. The van der Waals surface area contributed by atoms with Crippen LogP contribution in [-0.4, -0.2) is 25.0 Å². The number of hydrogen-bond donors (Lipinski definition) is 1. The van der Waals surface area contributed by atoms with Gasteiger partial charge in [-0.25, -0.2) is 8.78 Å². The van der Waals surface area contributed by atoms with E-state index >= 15 is 0 Å². The van der Waals surface area contributed by atoms with E-state index in [1.54, 1.807) is 0 Å². The first kappa shape index (κ1) is 13.9. The third kappa shape index (κ3) is 3.10. The maximum absolute atomic E-state index is 13.7. The highest BCUT2D eigenvalue weighted by Crippen LogP contribution is 2.24. The van der Waals surface area contributed by atoms with Crippen LogP contribution in [0, 0.1) is 11.6 Å². The zero-order chi connectivity index (χ0) is 13.8. The molecular weight excluding hydrogens is 250 g/mol.